The second kappa shape index (κ2) is 4.73. The molecule has 3 heteroatoms. The summed E-state index contributed by atoms with van der Waals surface area (Å²) in [6, 6.07) is 5.33. The van der Waals surface area contributed by atoms with Gasteiger partial charge < -0.3 is 0 Å². The van der Waals surface area contributed by atoms with Crippen LogP contribution < -0.4 is 5.56 Å². The van der Waals surface area contributed by atoms with E-state index in [-0.39, 0.29) is 5.56 Å². The van der Waals surface area contributed by atoms with Crippen molar-refractivity contribution in [2.24, 2.45) is 0 Å². The Hall–Kier alpha value is -1.64. The average Bonchev–Trinajstić information content (AvgIpc) is 2.23. The van der Waals surface area contributed by atoms with E-state index in [4.69, 9.17) is 0 Å². The minimum absolute atomic E-state index is 0.0220. The SMILES string of the molecule is CC.Cc1cc(=O)n2cccc(C)c2n1. The highest BCUT2D eigenvalue weighted by atomic mass is 16.1. The predicted molar refractivity (Wildman–Crippen MR) is 62.3 cm³/mol. The van der Waals surface area contributed by atoms with Crippen LogP contribution in [0.3, 0.4) is 0 Å². The molecule has 3 nitrogen and oxygen atoms in total. The van der Waals surface area contributed by atoms with Crippen LogP contribution in [0.2, 0.25) is 0 Å². The molecular formula is C12H16N2O. The lowest BCUT2D eigenvalue weighted by Gasteiger charge is -2.02. The van der Waals surface area contributed by atoms with Gasteiger partial charge in [0.1, 0.15) is 5.65 Å². The van der Waals surface area contributed by atoms with Crippen molar-refractivity contribution in [2.75, 3.05) is 0 Å². The molecule has 0 saturated carbocycles. The Bertz CT molecular complexity index is 515. The highest BCUT2D eigenvalue weighted by molar-refractivity contribution is 5.46. The number of nitrogens with zero attached hydrogens (tertiary/aromatic N) is 2. The van der Waals surface area contributed by atoms with Gasteiger partial charge in [-0.25, -0.2) is 4.98 Å². The van der Waals surface area contributed by atoms with Crippen molar-refractivity contribution in [3.63, 3.8) is 0 Å². The molecule has 0 unspecified atom stereocenters. The Morgan fingerprint density at radius 1 is 1.27 bits per heavy atom. The topological polar surface area (TPSA) is 34.4 Å². The molecule has 0 aliphatic rings. The maximum atomic E-state index is 11.5. The number of pyridine rings is 1. The summed E-state index contributed by atoms with van der Waals surface area (Å²) in [5, 5.41) is 0. The number of aromatic nitrogens is 2. The molecule has 0 fully saturated rings. The van der Waals surface area contributed by atoms with Gasteiger partial charge in [-0.15, -0.1) is 0 Å². The summed E-state index contributed by atoms with van der Waals surface area (Å²) in [6.07, 6.45) is 1.73. The molecule has 0 N–H and O–H groups in total. The molecule has 80 valence electrons. The van der Waals surface area contributed by atoms with Gasteiger partial charge in [-0.3, -0.25) is 9.20 Å². The van der Waals surface area contributed by atoms with E-state index in [9.17, 15) is 4.79 Å². The maximum absolute atomic E-state index is 11.5. The van der Waals surface area contributed by atoms with Gasteiger partial charge in [0.25, 0.3) is 5.56 Å². The van der Waals surface area contributed by atoms with Crippen molar-refractivity contribution in [3.05, 3.63) is 46.0 Å². The second-order valence-electron chi connectivity index (χ2n) is 3.12. The molecule has 2 aromatic rings. The fraction of sp³-hybridized carbons (Fsp3) is 0.333. The first kappa shape index (κ1) is 11.4. The van der Waals surface area contributed by atoms with Crippen molar-refractivity contribution in [2.45, 2.75) is 27.7 Å². The van der Waals surface area contributed by atoms with Crippen molar-refractivity contribution in [1.29, 1.82) is 0 Å². The molecule has 0 radical (unpaired) electrons. The fourth-order valence-electron chi connectivity index (χ4n) is 1.38. The zero-order valence-corrected chi connectivity index (χ0v) is 9.61. The van der Waals surface area contributed by atoms with Crippen LogP contribution in [0.4, 0.5) is 0 Å². The van der Waals surface area contributed by atoms with Gasteiger partial charge >= 0.3 is 0 Å². The number of fused-ring (bicyclic) bond motifs is 1. The molecule has 0 spiro atoms. The van der Waals surface area contributed by atoms with Crippen molar-refractivity contribution < 1.29 is 0 Å². The molecule has 2 aromatic heterocycles. The Morgan fingerprint density at radius 2 is 1.93 bits per heavy atom. The number of hydrogen-bond acceptors (Lipinski definition) is 2. The van der Waals surface area contributed by atoms with Crippen LogP contribution in [0.25, 0.3) is 5.65 Å². The van der Waals surface area contributed by atoms with Crippen molar-refractivity contribution >= 4 is 5.65 Å². The van der Waals surface area contributed by atoms with Gasteiger partial charge in [-0.2, -0.15) is 0 Å². The molecule has 0 bridgehead atoms. The van der Waals surface area contributed by atoms with E-state index in [0.29, 0.717) is 0 Å². The Morgan fingerprint density at radius 3 is 2.60 bits per heavy atom. The number of hydrogen-bond donors (Lipinski definition) is 0. The second-order valence-corrected chi connectivity index (χ2v) is 3.12. The largest absolute Gasteiger partial charge is 0.269 e. The third-order valence-corrected chi connectivity index (χ3v) is 2.01. The first-order valence-electron chi connectivity index (χ1n) is 5.14. The smallest absolute Gasteiger partial charge is 0.258 e. The lowest BCUT2D eigenvalue weighted by atomic mass is 10.3. The van der Waals surface area contributed by atoms with Crippen LogP contribution in [0.1, 0.15) is 25.1 Å². The number of rotatable bonds is 0. The Balaban J connectivity index is 0.000000531. The van der Waals surface area contributed by atoms with E-state index in [1.54, 1.807) is 10.6 Å². The van der Waals surface area contributed by atoms with Crippen LogP contribution in [-0.4, -0.2) is 9.38 Å². The third kappa shape index (κ3) is 2.24. The molecule has 0 amide bonds. The third-order valence-electron chi connectivity index (χ3n) is 2.01. The van der Waals surface area contributed by atoms with Gasteiger partial charge in [0.15, 0.2) is 0 Å². The van der Waals surface area contributed by atoms with Gasteiger partial charge in [0.05, 0.1) is 0 Å². The van der Waals surface area contributed by atoms with Gasteiger partial charge in [0.2, 0.25) is 0 Å². The van der Waals surface area contributed by atoms with E-state index in [2.05, 4.69) is 4.98 Å². The lowest BCUT2D eigenvalue weighted by Crippen LogP contribution is -2.14. The first-order valence-corrected chi connectivity index (χ1v) is 5.14. The van der Waals surface area contributed by atoms with E-state index in [0.717, 1.165) is 16.9 Å². The summed E-state index contributed by atoms with van der Waals surface area (Å²) in [7, 11) is 0. The Kier molecular flexibility index (Phi) is 3.61. The van der Waals surface area contributed by atoms with Crippen molar-refractivity contribution in [3.8, 4) is 0 Å². The standard InChI is InChI=1S/C10H10N2O.C2H6/c1-7-4-3-5-12-9(13)6-8(2)11-10(7)12;1-2/h3-6H,1-2H3;1-2H3. The zero-order chi connectivity index (χ0) is 11.4. The molecule has 0 aliphatic heterocycles. The minimum atomic E-state index is -0.0220. The summed E-state index contributed by atoms with van der Waals surface area (Å²) in [5.41, 5.74) is 2.50. The molecule has 0 aromatic carbocycles. The maximum Gasteiger partial charge on any atom is 0.258 e. The minimum Gasteiger partial charge on any atom is -0.269 e. The molecule has 2 heterocycles. The molecular weight excluding hydrogens is 188 g/mol. The summed E-state index contributed by atoms with van der Waals surface area (Å²) in [4.78, 5) is 15.8. The van der Waals surface area contributed by atoms with Gasteiger partial charge in [0, 0.05) is 18.0 Å². The number of aryl methyl sites for hydroxylation is 2. The summed E-state index contributed by atoms with van der Waals surface area (Å²) < 4.78 is 1.56. The van der Waals surface area contributed by atoms with Crippen LogP contribution in [0, 0.1) is 13.8 Å². The van der Waals surface area contributed by atoms with Crippen molar-refractivity contribution in [1.82, 2.24) is 9.38 Å². The van der Waals surface area contributed by atoms with Crippen LogP contribution in [0.5, 0.6) is 0 Å². The fourth-order valence-corrected chi connectivity index (χ4v) is 1.38. The summed E-state index contributed by atoms with van der Waals surface area (Å²) in [5.74, 6) is 0. The average molecular weight is 204 g/mol. The van der Waals surface area contributed by atoms with Crippen LogP contribution in [0.15, 0.2) is 29.2 Å². The van der Waals surface area contributed by atoms with Gasteiger partial charge in [-0.05, 0) is 25.5 Å². The van der Waals surface area contributed by atoms with Crippen LogP contribution >= 0.6 is 0 Å². The van der Waals surface area contributed by atoms with Crippen LogP contribution in [-0.2, 0) is 0 Å². The molecule has 0 aliphatic carbocycles. The Labute approximate surface area is 89.4 Å². The van der Waals surface area contributed by atoms with E-state index in [1.807, 2.05) is 39.8 Å². The highest BCUT2D eigenvalue weighted by Crippen LogP contribution is 2.04. The van der Waals surface area contributed by atoms with Gasteiger partial charge in [-0.1, -0.05) is 19.9 Å². The lowest BCUT2D eigenvalue weighted by molar-refractivity contribution is 1.01. The summed E-state index contributed by atoms with van der Waals surface area (Å²) in [6.45, 7) is 7.77. The molecule has 0 saturated heterocycles. The molecule has 2 rings (SSSR count). The zero-order valence-electron chi connectivity index (χ0n) is 9.61. The molecule has 0 atom stereocenters. The normalized spacial score (nSPS) is 9.60. The van der Waals surface area contributed by atoms with E-state index < -0.39 is 0 Å². The van der Waals surface area contributed by atoms with E-state index in [1.165, 1.54) is 6.07 Å². The quantitative estimate of drug-likeness (QED) is 0.660. The highest BCUT2D eigenvalue weighted by Gasteiger charge is 2.00. The first-order chi connectivity index (χ1) is 7.18. The molecule has 15 heavy (non-hydrogen) atoms. The summed E-state index contributed by atoms with van der Waals surface area (Å²) >= 11 is 0. The predicted octanol–water partition coefficient (Wildman–Crippen LogP) is 2.34. The monoisotopic (exact) mass is 204 g/mol. The van der Waals surface area contributed by atoms with E-state index >= 15 is 0 Å².